The molecule has 2 aromatic rings. The van der Waals surface area contributed by atoms with Crippen LogP contribution in [-0.2, 0) is 6.42 Å². The molecule has 2 rings (SSSR count). The van der Waals surface area contributed by atoms with Crippen molar-refractivity contribution in [3.8, 4) is 5.75 Å². The standard InChI is InChI=1S/C17H20BrNO/c1-2-20-17-5-3-4-13(11-17)10-15(12-19)14-6-8-16(18)9-7-14/h3-9,11,15H,2,10,12,19H2,1H3. The van der Waals surface area contributed by atoms with Crippen LogP contribution in [0.5, 0.6) is 5.75 Å². The van der Waals surface area contributed by atoms with E-state index in [0.29, 0.717) is 19.1 Å². The summed E-state index contributed by atoms with van der Waals surface area (Å²) in [6, 6.07) is 16.7. The van der Waals surface area contributed by atoms with Crippen LogP contribution in [-0.4, -0.2) is 13.2 Å². The van der Waals surface area contributed by atoms with Crippen LogP contribution in [0.2, 0.25) is 0 Å². The number of halogens is 1. The Morgan fingerprint density at radius 1 is 1.15 bits per heavy atom. The minimum absolute atomic E-state index is 0.333. The van der Waals surface area contributed by atoms with Crippen LogP contribution >= 0.6 is 15.9 Å². The summed E-state index contributed by atoms with van der Waals surface area (Å²) in [4.78, 5) is 0. The molecular formula is C17H20BrNO. The Balaban J connectivity index is 2.13. The fraction of sp³-hybridized carbons (Fsp3) is 0.294. The molecule has 0 fully saturated rings. The van der Waals surface area contributed by atoms with Gasteiger partial charge in [-0.2, -0.15) is 0 Å². The van der Waals surface area contributed by atoms with Gasteiger partial charge in [-0.25, -0.2) is 0 Å². The van der Waals surface area contributed by atoms with Crippen molar-refractivity contribution in [3.63, 3.8) is 0 Å². The predicted molar refractivity (Wildman–Crippen MR) is 87.3 cm³/mol. The van der Waals surface area contributed by atoms with Crippen LogP contribution in [0.3, 0.4) is 0 Å². The van der Waals surface area contributed by atoms with Gasteiger partial charge in [-0.15, -0.1) is 0 Å². The van der Waals surface area contributed by atoms with E-state index in [9.17, 15) is 0 Å². The summed E-state index contributed by atoms with van der Waals surface area (Å²) in [5.41, 5.74) is 8.48. The molecule has 0 radical (unpaired) electrons. The van der Waals surface area contributed by atoms with Gasteiger partial charge in [0.1, 0.15) is 5.75 Å². The van der Waals surface area contributed by atoms with Gasteiger partial charge in [0.05, 0.1) is 6.61 Å². The van der Waals surface area contributed by atoms with Crippen molar-refractivity contribution in [2.45, 2.75) is 19.3 Å². The monoisotopic (exact) mass is 333 g/mol. The molecule has 3 heteroatoms. The third-order valence-corrected chi connectivity index (χ3v) is 3.85. The summed E-state index contributed by atoms with van der Waals surface area (Å²) in [5, 5.41) is 0. The molecule has 1 atom stereocenters. The van der Waals surface area contributed by atoms with Crippen molar-refractivity contribution >= 4 is 15.9 Å². The van der Waals surface area contributed by atoms with E-state index < -0.39 is 0 Å². The maximum Gasteiger partial charge on any atom is 0.119 e. The van der Waals surface area contributed by atoms with Gasteiger partial charge in [-0.05, 0) is 55.3 Å². The molecule has 2 nitrogen and oxygen atoms in total. The van der Waals surface area contributed by atoms with Crippen molar-refractivity contribution in [3.05, 3.63) is 64.1 Å². The van der Waals surface area contributed by atoms with Gasteiger partial charge < -0.3 is 10.5 Å². The van der Waals surface area contributed by atoms with E-state index in [-0.39, 0.29) is 0 Å². The van der Waals surface area contributed by atoms with Crippen LogP contribution in [0, 0.1) is 0 Å². The highest BCUT2D eigenvalue weighted by Crippen LogP contribution is 2.23. The average molecular weight is 334 g/mol. The van der Waals surface area contributed by atoms with E-state index in [1.807, 2.05) is 19.1 Å². The molecule has 0 aromatic heterocycles. The highest BCUT2D eigenvalue weighted by Gasteiger charge is 2.11. The summed E-state index contributed by atoms with van der Waals surface area (Å²) in [5.74, 6) is 1.26. The van der Waals surface area contributed by atoms with Crippen LogP contribution in [0.1, 0.15) is 24.0 Å². The molecule has 0 heterocycles. The number of rotatable bonds is 6. The quantitative estimate of drug-likeness (QED) is 0.862. The smallest absolute Gasteiger partial charge is 0.119 e. The highest BCUT2D eigenvalue weighted by atomic mass is 79.9. The molecule has 1 unspecified atom stereocenters. The average Bonchev–Trinajstić information content (AvgIpc) is 2.47. The minimum atomic E-state index is 0.333. The Bertz CT molecular complexity index is 539. The van der Waals surface area contributed by atoms with Crippen molar-refractivity contribution in [1.29, 1.82) is 0 Å². The lowest BCUT2D eigenvalue weighted by atomic mass is 9.92. The van der Waals surface area contributed by atoms with Crippen molar-refractivity contribution in [2.24, 2.45) is 5.73 Å². The molecule has 0 aliphatic heterocycles. The first kappa shape index (κ1) is 15.1. The second-order valence-corrected chi connectivity index (χ2v) is 5.68. The van der Waals surface area contributed by atoms with Crippen molar-refractivity contribution in [2.75, 3.05) is 13.2 Å². The first-order valence-corrected chi connectivity index (χ1v) is 7.69. The Hall–Kier alpha value is -1.32. The van der Waals surface area contributed by atoms with Gasteiger partial charge in [0.15, 0.2) is 0 Å². The Morgan fingerprint density at radius 3 is 2.55 bits per heavy atom. The number of hydrogen-bond acceptors (Lipinski definition) is 2. The van der Waals surface area contributed by atoms with Crippen LogP contribution in [0.15, 0.2) is 53.0 Å². The second kappa shape index (κ2) is 7.46. The topological polar surface area (TPSA) is 35.2 Å². The third kappa shape index (κ3) is 4.09. The SMILES string of the molecule is CCOc1cccc(CC(CN)c2ccc(Br)cc2)c1. The van der Waals surface area contributed by atoms with Crippen LogP contribution in [0.25, 0.3) is 0 Å². The van der Waals surface area contributed by atoms with Gasteiger partial charge in [-0.3, -0.25) is 0 Å². The van der Waals surface area contributed by atoms with Crippen LogP contribution < -0.4 is 10.5 Å². The van der Waals surface area contributed by atoms with Crippen molar-refractivity contribution < 1.29 is 4.74 Å². The molecule has 0 amide bonds. The van der Waals surface area contributed by atoms with E-state index in [1.165, 1.54) is 11.1 Å². The van der Waals surface area contributed by atoms with Gasteiger partial charge in [-0.1, -0.05) is 40.2 Å². The fourth-order valence-electron chi connectivity index (χ4n) is 2.29. The van der Waals surface area contributed by atoms with E-state index in [1.54, 1.807) is 0 Å². The summed E-state index contributed by atoms with van der Waals surface area (Å²) >= 11 is 3.46. The number of nitrogens with two attached hydrogens (primary N) is 1. The lowest BCUT2D eigenvalue weighted by Gasteiger charge is -2.16. The molecule has 0 aliphatic carbocycles. The van der Waals surface area contributed by atoms with Crippen molar-refractivity contribution in [1.82, 2.24) is 0 Å². The Kier molecular flexibility index (Phi) is 5.62. The number of ether oxygens (including phenoxy) is 1. The Labute approximate surface area is 129 Å². The molecular weight excluding hydrogens is 314 g/mol. The second-order valence-electron chi connectivity index (χ2n) is 4.77. The van der Waals surface area contributed by atoms with E-state index in [0.717, 1.165) is 16.6 Å². The highest BCUT2D eigenvalue weighted by molar-refractivity contribution is 9.10. The third-order valence-electron chi connectivity index (χ3n) is 3.32. The maximum absolute atomic E-state index is 5.94. The van der Waals surface area contributed by atoms with Gasteiger partial charge >= 0.3 is 0 Å². The van der Waals surface area contributed by atoms with E-state index in [2.05, 4.69) is 52.3 Å². The lowest BCUT2D eigenvalue weighted by Crippen LogP contribution is -2.15. The molecule has 2 aromatic carbocycles. The molecule has 0 saturated heterocycles. The molecule has 0 aliphatic rings. The zero-order chi connectivity index (χ0) is 14.4. The molecule has 2 N–H and O–H groups in total. The number of benzene rings is 2. The minimum Gasteiger partial charge on any atom is -0.494 e. The Morgan fingerprint density at radius 2 is 1.90 bits per heavy atom. The first-order chi connectivity index (χ1) is 9.72. The first-order valence-electron chi connectivity index (χ1n) is 6.90. The normalized spacial score (nSPS) is 12.2. The summed E-state index contributed by atoms with van der Waals surface area (Å²) in [6.45, 7) is 3.33. The molecule has 20 heavy (non-hydrogen) atoms. The predicted octanol–water partition coefficient (Wildman–Crippen LogP) is 4.13. The zero-order valence-corrected chi connectivity index (χ0v) is 13.3. The fourth-order valence-corrected chi connectivity index (χ4v) is 2.55. The largest absolute Gasteiger partial charge is 0.494 e. The summed E-state index contributed by atoms with van der Waals surface area (Å²) < 4.78 is 6.64. The lowest BCUT2D eigenvalue weighted by molar-refractivity contribution is 0.340. The summed E-state index contributed by atoms with van der Waals surface area (Å²) in [6.07, 6.45) is 0.930. The van der Waals surface area contributed by atoms with Gasteiger partial charge in [0, 0.05) is 10.4 Å². The van der Waals surface area contributed by atoms with E-state index >= 15 is 0 Å². The zero-order valence-electron chi connectivity index (χ0n) is 11.7. The molecule has 0 spiro atoms. The van der Waals surface area contributed by atoms with Gasteiger partial charge in [0.25, 0.3) is 0 Å². The van der Waals surface area contributed by atoms with E-state index in [4.69, 9.17) is 10.5 Å². The van der Waals surface area contributed by atoms with Crippen LogP contribution in [0.4, 0.5) is 0 Å². The molecule has 0 saturated carbocycles. The molecule has 0 bridgehead atoms. The number of hydrogen-bond donors (Lipinski definition) is 1. The van der Waals surface area contributed by atoms with Gasteiger partial charge in [0.2, 0.25) is 0 Å². The summed E-state index contributed by atoms with van der Waals surface area (Å²) in [7, 11) is 0. The maximum atomic E-state index is 5.94. The molecule has 106 valence electrons.